The minimum absolute atomic E-state index is 0.107. The highest BCUT2D eigenvalue weighted by Gasteiger charge is 2.24. The highest BCUT2D eigenvalue weighted by atomic mass is 19.3. The maximum Gasteiger partial charge on any atom is 0.387 e. The van der Waals surface area contributed by atoms with Gasteiger partial charge in [0.1, 0.15) is 5.82 Å². The summed E-state index contributed by atoms with van der Waals surface area (Å²) in [6.07, 6.45) is -0.273. The number of hydrogen-bond donors (Lipinski definition) is 0. The number of benzene rings is 3. The van der Waals surface area contributed by atoms with Crippen LogP contribution in [0.15, 0.2) is 42.5 Å². The summed E-state index contributed by atoms with van der Waals surface area (Å²) in [5.41, 5.74) is 1.33. The number of aryl methyl sites for hydroxylation is 2. The molecule has 0 N–H and O–H groups in total. The van der Waals surface area contributed by atoms with E-state index < -0.39 is 36.1 Å². The molecular formula is C25H23F5O4. The van der Waals surface area contributed by atoms with E-state index >= 15 is 4.39 Å². The van der Waals surface area contributed by atoms with Gasteiger partial charge < -0.3 is 18.9 Å². The fourth-order valence-electron chi connectivity index (χ4n) is 4.00. The van der Waals surface area contributed by atoms with Crippen LogP contribution in [0.2, 0.25) is 0 Å². The maximum absolute atomic E-state index is 15.1. The van der Waals surface area contributed by atoms with Gasteiger partial charge in [0, 0.05) is 24.0 Å². The van der Waals surface area contributed by atoms with Gasteiger partial charge in [0.05, 0.1) is 19.8 Å². The minimum atomic E-state index is -3.34. The van der Waals surface area contributed by atoms with Crippen LogP contribution in [0.25, 0.3) is 10.8 Å². The fourth-order valence-corrected chi connectivity index (χ4v) is 4.00. The second kappa shape index (κ2) is 10.7. The third-order valence-corrected chi connectivity index (χ3v) is 5.65. The first kappa shape index (κ1) is 24.4. The molecule has 0 aromatic heterocycles. The first-order valence-electron chi connectivity index (χ1n) is 10.7. The Bertz CT molecular complexity index is 1120. The summed E-state index contributed by atoms with van der Waals surface area (Å²) in [6, 6.07) is 10.4. The molecule has 182 valence electrons. The van der Waals surface area contributed by atoms with Crippen molar-refractivity contribution in [1.82, 2.24) is 0 Å². The average Bonchev–Trinajstić information content (AvgIpc) is 2.81. The first-order chi connectivity index (χ1) is 16.4. The Morgan fingerprint density at radius 2 is 1.65 bits per heavy atom. The van der Waals surface area contributed by atoms with E-state index in [1.165, 1.54) is 0 Å². The summed E-state index contributed by atoms with van der Waals surface area (Å²) in [5, 5.41) is 1.06. The van der Waals surface area contributed by atoms with Crippen LogP contribution >= 0.6 is 0 Å². The van der Waals surface area contributed by atoms with Crippen molar-refractivity contribution in [2.75, 3.05) is 26.9 Å². The van der Waals surface area contributed by atoms with Crippen molar-refractivity contribution >= 4 is 10.8 Å². The Labute approximate surface area is 193 Å². The molecule has 0 radical (unpaired) electrons. The van der Waals surface area contributed by atoms with Crippen LogP contribution < -0.4 is 4.74 Å². The van der Waals surface area contributed by atoms with Crippen LogP contribution in [0.1, 0.15) is 23.0 Å². The van der Waals surface area contributed by atoms with Gasteiger partial charge in [-0.3, -0.25) is 0 Å². The number of alkyl halides is 2. The molecule has 0 spiro atoms. The van der Waals surface area contributed by atoms with Crippen LogP contribution in [0.3, 0.4) is 0 Å². The molecule has 34 heavy (non-hydrogen) atoms. The lowest BCUT2D eigenvalue weighted by Crippen LogP contribution is -2.29. The van der Waals surface area contributed by atoms with E-state index in [1.54, 1.807) is 37.4 Å². The number of hydrogen-bond acceptors (Lipinski definition) is 4. The zero-order valence-corrected chi connectivity index (χ0v) is 18.3. The summed E-state index contributed by atoms with van der Waals surface area (Å²) in [4.78, 5) is 0. The van der Waals surface area contributed by atoms with Crippen molar-refractivity contribution in [3.63, 3.8) is 0 Å². The molecule has 0 aliphatic carbocycles. The first-order valence-corrected chi connectivity index (χ1v) is 10.7. The quantitative estimate of drug-likeness (QED) is 0.372. The molecule has 3 aromatic carbocycles. The molecule has 4 nitrogen and oxygen atoms in total. The molecular weight excluding hydrogens is 459 g/mol. The minimum Gasteiger partial charge on any atom is -0.429 e. The van der Waals surface area contributed by atoms with E-state index in [0.717, 1.165) is 17.7 Å². The Morgan fingerprint density at radius 1 is 0.941 bits per heavy atom. The second-order valence-electron chi connectivity index (χ2n) is 8.11. The van der Waals surface area contributed by atoms with Crippen molar-refractivity contribution in [1.29, 1.82) is 0 Å². The summed E-state index contributed by atoms with van der Waals surface area (Å²) in [5.74, 6) is -3.87. The topological polar surface area (TPSA) is 36.9 Å². The van der Waals surface area contributed by atoms with Gasteiger partial charge in [-0.1, -0.05) is 24.3 Å². The lowest BCUT2D eigenvalue weighted by Gasteiger charge is -2.29. The molecule has 0 unspecified atom stereocenters. The Morgan fingerprint density at radius 3 is 2.29 bits per heavy atom. The summed E-state index contributed by atoms with van der Waals surface area (Å²) >= 11 is 0. The zero-order valence-electron chi connectivity index (χ0n) is 18.3. The molecule has 0 bridgehead atoms. The number of rotatable bonds is 8. The third kappa shape index (κ3) is 5.48. The number of halogens is 5. The van der Waals surface area contributed by atoms with Gasteiger partial charge in [0.25, 0.3) is 0 Å². The van der Waals surface area contributed by atoms with Crippen molar-refractivity contribution in [2.24, 2.45) is 5.92 Å². The van der Waals surface area contributed by atoms with Crippen LogP contribution in [0.4, 0.5) is 22.0 Å². The van der Waals surface area contributed by atoms with Crippen molar-refractivity contribution in [3.05, 3.63) is 76.6 Å². The number of fused-ring (bicyclic) bond motifs is 1. The van der Waals surface area contributed by atoms with Gasteiger partial charge in [0.15, 0.2) is 23.7 Å². The lowest BCUT2D eigenvalue weighted by atomic mass is 9.98. The van der Waals surface area contributed by atoms with E-state index in [1.807, 2.05) is 0 Å². The predicted octanol–water partition coefficient (Wildman–Crippen LogP) is 5.95. The molecule has 0 amide bonds. The second-order valence-corrected chi connectivity index (χ2v) is 8.11. The molecule has 1 heterocycles. The van der Waals surface area contributed by atoms with Gasteiger partial charge in [-0.2, -0.15) is 8.78 Å². The molecule has 0 atom stereocenters. The summed E-state index contributed by atoms with van der Waals surface area (Å²) in [7, 11) is 1.62. The van der Waals surface area contributed by atoms with Gasteiger partial charge in [-0.25, -0.2) is 13.2 Å². The third-order valence-electron chi connectivity index (χ3n) is 5.65. The fraction of sp³-hybridized carbons (Fsp3) is 0.360. The van der Waals surface area contributed by atoms with Crippen LogP contribution in [-0.2, 0) is 27.1 Å². The molecule has 1 aliphatic heterocycles. The van der Waals surface area contributed by atoms with Gasteiger partial charge in [-0.05, 0) is 47.6 Å². The van der Waals surface area contributed by atoms with Crippen LogP contribution in [-0.4, -0.2) is 33.5 Å². The molecule has 1 saturated heterocycles. The summed E-state index contributed by atoms with van der Waals surface area (Å²) in [6.45, 7) is -1.79. The molecule has 4 rings (SSSR count). The summed E-state index contributed by atoms with van der Waals surface area (Å²) < 4.78 is 88.1. The predicted molar refractivity (Wildman–Crippen MR) is 114 cm³/mol. The van der Waals surface area contributed by atoms with Gasteiger partial charge in [0.2, 0.25) is 0 Å². The van der Waals surface area contributed by atoms with Crippen molar-refractivity contribution < 1.29 is 40.9 Å². The Balaban J connectivity index is 1.46. The molecule has 0 saturated carbocycles. The van der Waals surface area contributed by atoms with E-state index in [-0.39, 0.29) is 24.3 Å². The van der Waals surface area contributed by atoms with E-state index in [0.29, 0.717) is 36.2 Å². The van der Waals surface area contributed by atoms with Crippen molar-refractivity contribution in [3.8, 4) is 5.75 Å². The molecule has 3 aromatic rings. The standard InChI is InChI=1S/C25H23F5O4/c1-31-11-15-12-32-24(33-13-15)18-6-7-19-17(10-18)5-4-16(22(19)28)3-2-14-8-20(26)23(21(27)9-14)34-25(29)30/h4-10,15,24-25H,2-3,11-13H2,1H3. The number of methoxy groups -OCH3 is 1. The Kier molecular flexibility index (Phi) is 7.65. The SMILES string of the molecule is COCC1COC(c2ccc3c(F)c(CCc4cc(F)c(OC(F)F)c(F)c4)ccc3c2)OC1. The zero-order chi connectivity index (χ0) is 24.2. The largest absolute Gasteiger partial charge is 0.429 e. The highest BCUT2D eigenvalue weighted by molar-refractivity contribution is 5.84. The molecule has 9 heteroatoms. The Hall–Kier alpha value is -2.75. The van der Waals surface area contributed by atoms with Crippen LogP contribution in [0.5, 0.6) is 5.75 Å². The van der Waals surface area contributed by atoms with Crippen molar-refractivity contribution in [2.45, 2.75) is 25.7 Å². The van der Waals surface area contributed by atoms with E-state index in [9.17, 15) is 17.6 Å². The van der Waals surface area contributed by atoms with E-state index in [4.69, 9.17) is 14.2 Å². The lowest BCUT2D eigenvalue weighted by molar-refractivity contribution is -0.210. The highest BCUT2D eigenvalue weighted by Crippen LogP contribution is 2.30. The molecule has 1 aliphatic rings. The smallest absolute Gasteiger partial charge is 0.387 e. The monoisotopic (exact) mass is 482 g/mol. The number of ether oxygens (including phenoxy) is 4. The average molecular weight is 482 g/mol. The maximum atomic E-state index is 15.1. The normalized spacial score (nSPS) is 18.6. The molecule has 1 fully saturated rings. The van der Waals surface area contributed by atoms with E-state index in [2.05, 4.69) is 4.74 Å². The van der Waals surface area contributed by atoms with Crippen LogP contribution in [0, 0.1) is 23.4 Å². The van der Waals surface area contributed by atoms with Gasteiger partial charge in [-0.15, -0.1) is 0 Å². The van der Waals surface area contributed by atoms with Gasteiger partial charge >= 0.3 is 6.61 Å².